The van der Waals surface area contributed by atoms with Gasteiger partial charge in [-0.25, -0.2) is 0 Å². The predicted octanol–water partition coefficient (Wildman–Crippen LogP) is 0.864. The average molecular weight is 499 g/mol. The van der Waals surface area contributed by atoms with E-state index in [4.69, 9.17) is 4.52 Å². The molecule has 9 nitrogen and oxygen atoms in total. The van der Waals surface area contributed by atoms with E-state index < -0.39 is 7.34 Å². The van der Waals surface area contributed by atoms with Gasteiger partial charge >= 0.3 is 0 Å². The molecule has 4 N–H and O–H groups in total. The van der Waals surface area contributed by atoms with Crippen molar-refractivity contribution in [3.63, 3.8) is 0 Å². The van der Waals surface area contributed by atoms with Crippen molar-refractivity contribution in [3.05, 3.63) is 35.4 Å². The fraction of sp³-hybridized carbons (Fsp3) is 0.667. The van der Waals surface area contributed by atoms with E-state index in [1.54, 1.807) is 19.1 Å². The van der Waals surface area contributed by atoms with Crippen LogP contribution in [-0.4, -0.2) is 119 Å². The number of hydrogen-bond acceptors (Lipinski definition) is 8. The van der Waals surface area contributed by atoms with Gasteiger partial charge in [0.15, 0.2) is 0 Å². The van der Waals surface area contributed by atoms with E-state index in [1.807, 2.05) is 26.0 Å². The number of nitrogens with zero attached hydrogens (tertiary/aromatic N) is 3. The zero-order valence-corrected chi connectivity index (χ0v) is 21.8. The largest absolute Gasteiger partial charge is 0.392 e. The smallest absolute Gasteiger partial charge is 0.251 e. The van der Waals surface area contributed by atoms with E-state index in [9.17, 15) is 19.9 Å². The number of amides is 1. The first kappa shape index (κ1) is 28.9. The zero-order chi connectivity index (χ0) is 25.1. The van der Waals surface area contributed by atoms with E-state index in [1.165, 1.54) is 0 Å². The van der Waals surface area contributed by atoms with Crippen LogP contribution in [0, 0.1) is 0 Å². The SMILES string of the molecule is C=P(O)(CNC(=O)c1ccc(CN2CCN(C[C@H](C)O)CCN(C[C@H](C)O)CC2)cc1)OCC. The molecule has 1 amide bonds. The number of benzene rings is 1. The fourth-order valence-electron chi connectivity index (χ4n) is 4.06. The molecule has 0 aromatic heterocycles. The molecule has 0 spiro atoms. The number of aliphatic hydroxyl groups is 2. The number of β-amino-alcohol motifs (C(OH)–C–C–N with tert-alkyl or cyclic N) is 2. The molecule has 1 fully saturated rings. The van der Waals surface area contributed by atoms with Gasteiger partial charge in [-0.15, -0.1) is 0 Å². The second kappa shape index (κ2) is 14.3. The van der Waals surface area contributed by atoms with Gasteiger partial charge in [0.2, 0.25) is 0 Å². The lowest BCUT2D eigenvalue weighted by atomic mass is 10.1. The van der Waals surface area contributed by atoms with Crippen LogP contribution in [0.3, 0.4) is 0 Å². The van der Waals surface area contributed by atoms with Crippen molar-refractivity contribution in [2.45, 2.75) is 39.5 Å². The highest BCUT2D eigenvalue weighted by Crippen LogP contribution is 2.39. The van der Waals surface area contributed by atoms with Gasteiger partial charge in [0.25, 0.3) is 5.91 Å². The second-order valence-corrected chi connectivity index (χ2v) is 11.5. The fourth-order valence-corrected chi connectivity index (χ4v) is 5.02. The average Bonchev–Trinajstić information content (AvgIpc) is 2.84. The number of carbonyl (C=O) groups is 1. The lowest BCUT2D eigenvalue weighted by Crippen LogP contribution is -2.41. The molecule has 1 aromatic carbocycles. The van der Waals surface area contributed by atoms with Crippen molar-refractivity contribution in [2.24, 2.45) is 0 Å². The first-order chi connectivity index (χ1) is 16.1. The van der Waals surface area contributed by atoms with Crippen molar-refractivity contribution in [3.8, 4) is 0 Å². The molecule has 1 saturated heterocycles. The predicted molar refractivity (Wildman–Crippen MR) is 138 cm³/mol. The third kappa shape index (κ3) is 11.0. The molecule has 1 aliphatic rings. The van der Waals surface area contributed by atoms with E-state index in [-0.39, 0.29) is 24.4 Å². The maximum Gasteiger partial charge on any atom is 0.251 e. The summed E-state index contributed by atoms with van der Waals surface area (Å²) in [5.74, 6) is -0.265. The summed E-state index contributed by atoms with van der Waals surface area (Å²) in [6.07, 6.45) is 2.91. The van der Waals surface area contributed by atoms with Crippen LogP contribution in [-0.2, 0) is 11.1 Å². The van der Waals surface area contributed by atoms with Gasteiger partial charge in [-0.3, -0.25) is 19.5 Å². The van der Waals surface area contributed by atoms with E-state index >= 15 is 0 Å². The van der Waals surface area contributed by atoms with Crippen molar-refractivity contribution in [1.82, 2.24) is 20.0 Å². The summed E-state index contributed by atoms with van der Waals surface area (Å²) in [7, 11) is -2.82. The summed E-state index contributed by atoms with van der Waals surface area (Å²) >= 11 is 0. The Hall–Kier alpha value is -1.29. The summed E-state index contributed by atoms with van der Waals surface area (Å²) in [6.45, 7) is 13.0. The Morgan fingerprint density at radius 3 is 1.91 bits per heavy atom. The Balaban J connectivity index is 1.98. The van der Waals surface area contributed by atoms with Gasteiger partial charge in [-0.1, -0.05) is 18.4 Å². The molecule has 0 radical (unpaired) electrons. The molecule has 34 heavy (non-hydrogen) atoms. The number of hydrogen-bond donors (Lipinski definition) is 4. The van der Waals surface area contributed by atoms with Crippen molar-refractivity contribution in [1.29, 1.82) is 0 Å². The summed E-state index contributed by atoms with van der Waals surface area (Å²) in [5, 5.41) is 22.4. The van der Waals surface area contributed by atoms with Gasteiger partial charge in [0.1, 0.15) is 7.34 Å². The molecule has 10 heteroatoms. The number of aliphatic hydroxyl groups excluding tert-OH is 2. The molecule has 194 valence electrons. The molecular formula is C24H43N4O5P. The zero-order valence-electron chi connectivity index (χ0n) is 20.9. The second-order valence-electron chi connectivity index (χ2n) is 9.20. The number of rotatable bonds is 11. The standard InChI is InChI=1S/C24H43N4O5P/c1-5-33-34(4,32)19-25-24(31)23-8-6-22(7-9-23)18-28-14-12-26(16-20(2)29)10-11-27(13-15-28)17-21(3)30/h6-9,20-21,29-30,32H,4-5,10-19H2,1-3H3,(H,25,31)/t20-,21-,34?/m0/s1. The molecule has 0 aliphatic carbocycles. The van der Waals surface area contributed by atoms with Crippen LogP contribution in [0.1, 0.15) is 36.7 Å². The molecule has 1 heterocycles. The van der Waals surface area contributed by atoms with Crippen LogP contribution in [0.2, 0.25) is 0 Å². The van der Waals surface area contributed by atoms with Crippen molar-refractivity contribution in [2.75, 3.05) is 65.3 Å². The minimum absolute atomic E-state index is 0.0150. The number of carbonyl (C=O) groups excluding carboxylic acids is 1. The third-order valence-electron chi connectivity index (χ3n) is 5.72. The maximum atomic E-state index is 12.4. The van der Waals surface area contributed by atoms with Crippen LogP contribution in [0.15, 0.2) is 24.3 Å². The van der Waals surface area contributed by atoms with Crippen LogP contribution in [0.5, 0.6) is 0 Å². The molecule has 1 unspecified atom stereocenters. The van der Waals surface area contributed by atoms with Crippen LogP contribution >= 0.6 is 7.34 Å². The molecule has 0 bridgehead atoms. The van der Waals surface area contributed by atoms with Gasteiger partial charge in [-0.2, -0.15) is 0 Å². The summed E-state index contributed by atoms with van der Waals surface area (Å²) in [6, 6.07) is 7.50. The van der Waals surface area contributed by atoms with Gasteiger partial charge in [0.05, 0.1) is 25.1 Å². The maximum absolute atomic E-state index is 12.4. The van der Waals surface area contributed by atoms with Gasteiger partial charge in [0, 0.05) is 64.5 Å². The Kier molecular flexibility index (Phi) is 12.2. The normalized spacial score (nSPS) is 20.5. The van der Waals surface area contributed by atoms with Gasteiger partial charge in [-0.05, 0) is 38.5 Å². The van der Waals surface area contributed by atoms with Crippen LogP contribution in [0.4, 0.5) is 0 Å². The molecule has 0 saturated carbocycles. The lowest BCUT2D eigenvalue weighted by Gasteiger charge is -2.27. The molecule has 2 rings (SSSR count). The summed E-state index contributed by atoms with van der Waals surface area (Å²) in [5.41, 5.74) is 1.63. The minimum atomic E-state index is -2.82. The quantitative estimate of drug-likeness (QED) is 0.333. The van der Waals surface area contributed by atoms with E-state index in [0.29, 0.717) is 25.3 Å². The molecule has 3 atom stereocenters. The summed E-state index contributed by atoms with van der Waals surface area (Å²) in [4.78, 5) is 29.4. The van der Waals surface area contributed by atoms with Gasteiger partial charge < -0.3 is 24.9 Å². The highest BCUT2D eigenvalue weighted by Gasteiger charge is 2.19. The van der Waals surface area contributed by atoms with E-state index in [2.05, 4.69) is 26.3 Å². The minimum Gasteiger partial charge on any atom is -0.392 e. The summed E-state index contributed by atoms with van der Waals surface area (Å²) < 4.78 is 5.21. The van der Waals surface area contributed by atoms with E-state index in [0.717, 1.165) is 51.4 Å². The first-order valence-corrected chi connectivity index (χ1v) is 14.1. The molecular weight excluding hydrogens is 455 g/mol. The Morgan fingerprint density at radius 2 is 1.47 bits per heavy atom. The third-order valence-corrected chi connectivity index (χ3v) is 7.11. The topological polar surface area (TPSA) is 109 Å². The molecule has 1 aliphatic heterocycles. The van der Waals surface area contributed by atoms with Crippen LogP contribution in [0.25, 0.3) is 0 Å². The molecule has 1 aromatic rings. The Morgan fingerprint density at radius 1 is 1.00 bits per heavy atom. The highest BCUT2D eigenvalue weighted by molar-refractivity contribution is 7.63. The first-order valence-electron chi connectivity index (χ1n) is 12.1. The Bertz CT molecular complexity index is 768. The monoisotopic (exact) mass is 498 g/mol. The van der Waals surface area contributed by atoms with Crippen molar-refractivity contribution < 1.29 is 24.4 Å². The number of nitrogens with one attached hydrogen (secondary N) is 1. The highest BCUT2D eigenvalue weighted by atomic mass is 31.2. The Labute approximate surface area is 204 Å². The van der Waals surface area contributed by atoms with Crippen molar-refractivity contribution >= 4 is 19.5 Å². The van der Waals surface area contributed by atoms with Crippen LogP contribution < -0.4 is 5.32 Å². The lowest BCUT2D eigenvalue weighted by molar-refractivity contribution is 0.0957.